The van der Waals surface area contributed by atoms with Gasteiger partial charge in [-0.3, -0.25) is 4.79 Å². The van der Waals surface area contributed by atoms with E-state index >= 15 is 0 Å². The first-order valence-corrected chi connectivity index (χ1v) is 6.25. The molecule has 1 aromatic rings. The predicted molar refractivity (Wildman–Crippen MR) is 81.6 cm³/mol. The number of hydrogen-bond donors (Lipinski definition) is 2. The van der Waals surface area contributed by atoms with E-state index < -0.39 is 0 Å². The molecule has 0 spiro atoms. The average Bonchev–Trinajstić information content (AvgIpc) is 2.39. The van der Waals surface area contributed by atoms with Crippen LogP contribution in [0.4, 0.5) is 0 Å². The van der Waals surface area contributed by atoms with E-state index in [1.165, 1.54) is 0 Å². The Kier molecular flexibility index (Phi) is 8.03. The smallest absolute Gasteiger partial charge is 0.223 e. The second-order valence-corrected chi connectivity index (χ2v) is 4.91. The number of nitrogens with one attached hydrogen (secondary N) is 1. The Balaban J connectivity index is 0.00000361. The summed E-state index contributed by atoms with van der Waals surface area (Å²) in [6, 6.07) is 7.24. The molecule has 0 unspecified atom stereocenters. The number of carbonyl (C=O) groups excluding carboxylic acids is 1. The maximum Gasteiger partial charge on any atom is 0.223 e. The second-order valence-electron chi connectivity index (χ2n) is 4.91. The van der Waals surface area contributed by atoms with E-state index in [4.69, 9.17) is 15.2 Å². The van der Waals surface area contributed by atoms with Crippen LogP contribution >= 0.6 is 12.4 Å². The molecule has 1 amide bonds. The minimum absolute atomic E-state index is 0. The summed E-state index contributed by atoms with van der Waals surface area (Å²) in [7, 11) is 1.61. The molecule has 3 N–H and O–H groups in total. The summed E-state index contributed by atoms with van der Waals surface area (Å²) in [5.74, 6) is 1.42. The zero-order chi connectivity index (χ0) is 14.3. The van der Waals surface area contributed by atoms with E-state index in [0.717, 1.165) is 5.75 Å². The lowest BCUT2D eigenvalue weighted by molar-refractivity contribution is -0.123. The lowest BCUT2D eigenvalue weighted by Crippen LogP contribution is -2.49. The third kappa shape index (κ3) is 6.63. The van der Waals surface area contributed by atoms with Gasteiger partial charge in [-0.15, -0.1) is 12.4 Å². The molecule has 6 heteroatoms. The van der Waals surface area contributed by atoms with E-state index in [1.54, 1.807) is 19.2 Å². The largest absolute Gasteiger partial charge is 0.497 e. The molecule has 5 nitrogen and oxygen atoms in total. The summed E-state index contributed by atoms with van der Waals surface area (Å²) in [6.45, 7) is 4.50. The Hall–Kier alpha value is -1.46. The molecule has 0 aliphatic carbocycles. The summed E-state index contributed by atoms with van der Waals surface area (Å²) in [6.07, 6.45) is 0.301. The van der Waals surface area contributed by atoms with Crippen LogP contribution in [0.1, 0.15) is 20.3 Å². The van der Waals surface area contributed by atoms with Crippen molar-refractivity contribution in [2.24, 2.45) is 5.73 Å². The molecular formula is C14H23ClN2O3. The molecule has 0 aromatic heterocycles. The molecule has 1 aromatic carbocycles. The van der Waals surface area contributed by atoms with Gasteiger partial charge < -0.3 is 20.5 Å². The van der Waals surface area contributed by atoms with E-state index in [-0.39, 0.29) is 23.9 Å². The van der Waals surface area contributed by atoms with Gasteiger partial charge in [0, 0.05) is 12.1 Å². The van der Waals surface area contributed by atoms with Gasteiger partial charge in [-0.25, -0.2) is 0 Å². The van der Waals surface area contributed by atoms with Crippen LogP contribution < -0.4 is 20.5 Å². The molecular weight excluding hydrogens is 280 g/mol. The molecule has 20 heavy (non-hydrogen) atoms. The van der Waals surface area contributed by atoms with Gasteiger partial charge >= 0.3 is 0 Å². The van der Waals surface area contributed by atoms with Crippen LogP contribution in [0.25, 0.3) is 0 Å². The van der Waals surface area contributed by atoms with Crippen molar-refractivity contribution in [1.29, 1.82) is 0 Å². The van der Waals surface area contributed by atoms with Crippen molar-refractivity contribution >= 4 is 18.3 Å². The van der Waals surface area contributed by atoms with Gasteiger partial charge in [-0.1, -0.05) is 0 Å². The monoisotopic (exact) mass is 302 g/mol. The summed E-state index contributed by atoms with van der Waals surface area (Å²) in [5.41, 5.74) is 5.17. The molecule has 1 rings (SSSR count). The van der Waals surface area contributed by atoms with E-state index in [1.807, 2.05) is 26.0 Å². The molecule has 0 atom stereocenters. The fourth-order valence-corrected chi connectivity index (χ4v) is 1.42. The first-order valence-electron chi connectivity index (χ1n) is 6.25. The van der Waals surface area contributed by atoms with Crippen molar-refractivity contribution in [2.45, 2.75) is 25.8 Å². The van der Waals surface area contributed by atoms with Crippen LogP contribution in [0.15, 0.2) is 24.3 Å². The lowest BCUT2D eigenvalue weighted by atomic mass is 10.1. The summed E-state index contributed by atoms with van der Waals surface area (Å²) >= 11 is 0. The number of carbonyl (C=O) groups is 1. The van der Waals surface area contributed by atoms with Crippen LogP contribution in [0.2, 0.25) is 0 Å². The molecule has 0 heterocycles. The van der Waals surface area contributed by atoms with Crippen LogP contribution in [-0.2, 0) is 4.79 Å². The fraction of sp³-hybridized carbons (Fsp3) is 0.500. The number of hydrogen-bond acceptors (Lipinski definition) is 4. The Morgan fingerprint density at radius 3 is 2.30 bits per heavy atom. The number of halogens is 1. The Morgan fingerprint density at radius 1 is 1.25 bits per heavy atom. The third-order valence-corrected chi connectivity index (χ3v) is 2.65. The minimum atomic E-state index is -0.378. The highest BCUT2D eigenvalue weighted by atomic mass is 35.5. The van der Waals surface area contributed by atoms with Gasteiger partial charge in [0.2, 0.25) is 5.91 Å². The third-order valence-electron chi connectivity index (χ3n) is 2.65. The molecule has 0 radical (unpaired) electrons. The maximum absolute atomic E-state index is 11.6. The number of nitrogens with two attached hydrogens (primary N) is 1. The van der Waals surface area contributed by atoms with Crippen molar-refractivity contribution in [3.8, 4) is 11.5 Å². The number of ether oxygens (including phenoxy) is 2. The highest BCUT2D eigenvalue weighted by Crippen LogP contribution is 2.17. The molecule has 0 bridgehead atoms. The first-order chi connectivity index (χ1) is 8.96. The van der Waals surface area contributed by atoms with Crippen LogP contribution in [-0.4, -0.2) is 31.7 Å². The second kappa shape index (κ2) is 8.66. The van der Waals surface area contributed by atoms with Gasteiger partial charge in [0.25, 0.3) is 0 Å². The summed E-state index contributed by atoms with van der Waals surface area (Å²) < 4.78 is 10.5. The molecule has 0 fully saturated rings. The Labute approximate surface area is 126 Å². The maximum atomic E-state index is 11.6. The van der Waals surface area contributed by atoms with Gasteiger partial charge in [0.15, 0.2) is 0 Å². The zero-order valence-corrected chi connectivity index (χ0v) is 13.0. The van der Waals surface area contributed by atoms with Gasteiger partial charge in [-0.05, 0) is 38.1 Å². The van der Waals surface area contributed by atoms with Gasteiger partial charge in [0.05, 0.1) is 20.1 Å². The number of amides is 1. The first kappa shape index (κ1) is 18.5. The van der Waals surface area contributed by atoms with Crippen LogP contribution in [0, 0.1) is 0 Å². The lowest BCUT2D eigenvalue weighted by Gasteiger charge is -2.24. The van der Waals surface area contributed by atoms with Gasteiger partial charge in [0.1, 0.15) is 11.5 Å². The molecule has 0 saturated heterocycles. The molecule has 0 saturated carbocycles. The standard InChI is InChI=1S/C14H22N2O3.ClH/c1-14(2,10-15)16-13(17)8-9-19-12-6-4-11(18-3)5-7-12;/h4-7H,8-10,15H2,1-3H3,(H,16,17);1H. The van der Waals surface area contributed by atoms with Crippen molar-refractivity contribution in [3.63, 3.8) is 0 Å². The zero-order valence-electron chi connectivity index (χ0n) is 12.1. The number of methoxy groups -OCH3 is 1. The quantitative estimate of drug-likeness (QED) is 0.804. The topological polar surface area (TPSA) is 73.6 Å². The number of benzene rings is 1. The molecule has 0 aliphatic rings. The minimum Gasteiger partial charge on any atom is -0.497 e. The Bertz CT molecular complexity index is 407. The summed E-state index contributed by atoms with van der Waals surface area (Å²) in [4.78, 5) is 11.6. The van der Waals surface area contributed by atoms with Crippen molar-refractivity contribution < 1.29 is 14.3 Å². The molecule has 114 valence electrons. The highest BCUT2D eigenvalue weighted by Gasteiger charge is 2.17. The average molecular weight is 303 g/mol. The normalized spacial score (nSPS) is 10.4. The number of rotatable bonds is 7. The van der Waals surface area contributed by atoms with E-state index in [0.29, 0.717) is 25.3 Å². The van der Waals surface area contributed by atoms with Crippen molar-refractivity contribution in [1.82, 2.24) is 5.32 Å². The van der Waals surface area contributed by atoms with Gasteiger partial charge in [-0.2, -0.15) is 0 Å². The predicted octanol–water partition coefficient (Wildman–Crippen LogP) is 1.74. The van der Waals surface area contributed by atoms with Crippen LogP contribution in [0.3, 0.4) is 0 Å². The van der Waals surface area contributed by atoms with Crippen molar-refractivity contribution in [3.05, 3.63) is 24.3 Å². The Morgan fingerprint density at radius 2 is 1.80 bits per heavy atom. The molecule has 0 aliphatic heterocycles. The van der Waals surface area contributed by atoms with E-state index in [2.05, 4.69) is 5.32 Å². The SMILES string of the molecule is COc1ccc(OCCC(=O)NC(C)(C)CN)cc1.Cl. The van der Waals surface area contributed by atoms with Crippen molar-refractivity contribution in [2.75, 3.05) is 20.3 Å². The summed E-state index contributed by atoms with van der Waals surface area (Å²) in [5, 5.41) is 2.85. The van der Waals surface area contributed by atoms with E-state index in [9.17, 15) is 4.79 Å². The van der Waals surface area contributed by atoms with Crippen LogP contribution in [0.5, 0.6) is 11.5 Å². The highest BCUT2D eigenvalue weighted by molar-refractivity contribution is 5.85. The fourth-order valence-electron chi connectivity index (χ4n) is 1.42.